The molecule has 0 aromatic heterocycles. The van der Waals surface area contributed by atoms with Crippen molar-refractivity contribution in [3.8, 4) is 0 Å². The SMILES string of the molecule is CC(C)CCC(CCCCCCCCCCCCC(=O)O)C(CCC(C)C)(C(=O)O)C(C)C. The summed E-state index contributed by atoms with van der Waals surface area (Å²) in [5.74, 6) is 0.305. The predicted molar refractivity (Wildman–Crippen MR) is 140 cm³/mol. The zero-order valence-corrected chi connectivity index (χ0v) is 22.8. The van der Waals surface area contributed by atoms with E-state index in [4.69, 9.17) is 5.11 Å². The van der Waals surface area contributed by atoms with Crippen LogP contribution in [0.15, 0.2) is 0 Å². The van der Waals surface area contributed by atoms with E-state index in [2.05, 4.69) is 41.5 Å². The topological polar surface area (TPSA) is 74.6 Å². The molecule has 4 heteroatoms. The van der Waals surface area contributed by atoms with Crippen LogP contribution in [0.3, 0.4) is 0 Å². The summed E-state index contributed by atoms with van der Waals surface area (Å²) in [4.78, 5) is 23.2. The third-order valence-electron chi connectivity index (χ3n) is 7.58. The molecule has 0 aromatic carbocycles. The van der Waals surface area contributed by atoms with Gasteiger partial charge in [-0.25, -0.2) is 0 Å². The third-order valence-corrected chi connectivity index (χ3v) is 7.58. The predicted octanol–water partition coefficient (Wildman–Crippen LogP) is 8.97. The van der Waals surface area contributed by atoms with E-state index in [-0.39, 0.29) is 11.8 Å². The first kappa shape index (κ1) is 31.9. The first-order valence-electron chi connectivity index (χ1n) is 14.0. The first-order valence-corrected chi connectivity index (χ1v) is 14.0. The summed E-state index contributed by atoms with van der Waals surface area (Å²) in [6.45, 7) is 13.1. The van der Waals surface area contributed by atoms with Gasteiger partial charge in [-0.3, -0.25) is 9.59 Å². The molecule has 0 aromatic rings. The Bertz CT molecular complexity index is 512. The molecule has 33 heavy (non-hydrogen) atoms. The van der Waals surface area contributed by atoms with Crippen molar-refractivity contribution in [2.75, 3.05) is 0 Å². The van der Waals surface area contributed by atoms with Gasteiger partial charge in [0.2, 0.25) is 0 Å². The summed E-state index contributed by atoms with van der Waals surface area (Å²) in [5, 5.41) is 19.1. The number of hydrogen-bond acceptors (Lipinski definition) is 2. The van der Waals surface area contributed by atoms with Crippen LogP contribution in [0.5, 0.6) is 0 Å². The minimum absolute atomic E-state index is 0.154. The molecule has 0 spiro atoms. The number of hydrogen-bond donors (Lipinski definition) is 2. The first-order chi connectivity index (χ1) is 15.5. The van der Waals surface area contributed by atoms with Crippen molar-refractivity contribution in [3.05, 3.63) is 0 Å². The second-order valence-electron chi connectivity index (χ2n) is 11.6. The lowest BCUT2D eigenvalue weighted by Crippen LogP contribution is -2.44. The van der Waals surface area contributed by atoms with Crippen LogP contribution in [-0.4, -0.2) is 22.2 Å². The summed E-state index contributed by atoms with van der Waals surface area (Å²) in [6.07, 6.45) is 16.8. The third kappa shape index (κ3) is 14.1. The molecule has 0 aliphatic carbocycles. The van der Waals surface area contributed by atoms with Crippen LogP contribution in [0, 0.1) is 29.1 Å². The standard InChI is InChI=1S/C29H56O4/c1-23(2)19-20-26(29(25(5)6,28(32)33)22-21-24(3)4)17-15-13-11-9-7-8-10-12-14-16-18-27(30)31/h23-26H,7-22H2,1-6H3,(H,30,31)(H,32,33). The van der Waals surface area contributed by atoms with Crippen LogP contribution >= 0.6 is 0 Å². The molecule has 196 valence electrons. The van der Waals surface area contributed by atoms with Gasteiger partial charge in [-0.05, 0) is 55.8 Å². The van der Waals surface area contributed by atoms with Crippen LogP contribution in [-0.2, 0) is 9.59 Å². The molecule has 0 rings (SSSR count). The van der Waals surface area contributed by atoms with Gasteiger partial charge in [0, 0.05) is 6.42 Å². The van der Waals surface area contributed by atoms with Crippen molar-refractivity contribution in [2.24, 2.45) is 29.1 Å². The number of aliphatic carboxylic acids is 2. The lowest BCUT2D eigenvalue weighted by molar-refractivity contribution is -0.158. The molecule has 2 atom stereocenters. The molecule has 4 nitrogen and oxygen atoms in total. The molecule has 0 heterocycles. The molecule has 2 N–H and O–H groups in total. The molecular formula is C29H56O4. The van der Waals surface area contributed by atoms with Crippen molar-refractivity contribution >= 4 is 11.9 Å². The van der Waals surface area contributed by atoms with E-state index in [1.54, 1.807) is 0 Å². The number of unbranched alkanes of at least 4 members (excludes halogenated alkanes) is 9. The summed E-state index contributed by atoms with van der Waals surface area (Å²) in [6, 6.07) is 0. The summed E-state index contributed by atoms with van der Waals surface area (Å²) in [7, 11) is 0. The van der Waals surface area contributed by atoms with Crippen LogP contribution < -0.4 is 0 Å². The second kappa shape index (κ2) is 18.3. The van der Waals surface area contributed by atoms with Crippen molar-refractivity contribution in [2.45, 2.75) is 144 Å². The maximum atomic E-state index is 12.7. The number of carboxylic acid groups (broad SMARTS) is 2. The number of carbonyl (C=O) groups is 2. The number of rotatable bonds is 22. The quantitative estimate of drug-likeness (QED) is 0.155. The largest absolute Gasteiger partial charge is 0.481 e. The van der Waals surface area contributed by atoms with E-state index < -0.39 is 17.4 Å². The zero-order chi connectivity index (χ0) is 25.3. The average molecular weight is 469 g/mol. The monoisotopic (exact) mass is 468 g/mol. The van der Waals surface area contributed by atoms with Gasteiger partial charge in [0.05, 0.1) is 5.41 Å². The Labute approximate surface area is 205 Å². The fraction of sp³-hybridized carbons (Fsp3) is 0.931. The van der Waals surface area contributed by atoms with E-state index in [0.29, 0.717) is 18.3 Å². The fourth-order valence-corrected chi connectivity index (χ4v) is 5.30. The summed E-state index contributed by atoms with van der Waals surface area (Å²) in [5.41, 5.74) is -0.597. The van der Waals surface area contributed by atoms with Gasteiger partial charge in [-0.2, -0.15) is 0 Å². The Morgan fingerprint density at radius 1 is 0.606 bits per heavy atom. The van der Waals surface area contributed by atoms with Gasteiger partial charge in [0.25, 0.3) is 0 Å². The van der Waals surface area contributed by atoms with Crippen LogP contribution in [0.4, 0.5) is 0 Å². The maximum absolute atomic E-state index is 12.7. The molecule has 0 saturated carbocycles. The average Bonchev–Trinajstić information content (AvgIpc) is 2.71. The van der Waals surface area contributed by atoms with Gasteiger partial charge in [0.15, 0.2) is 0 Å². The van der Waals surface area contributed by atoms with Gasteiger partial charge in [-0.15, -0.1) is 0 Å². The molecular weight excluding hydrogens is 412 g/mol. The molecule has 0 saturated heterocycles. The highest BCUT2D eigenvalue weighted by Crippen LogP contribution is 2.46. The van der Waals surface area contributed by atoms with Gasteiger partial charge < -0.3 is 10.2 Å². The van der Waals surface area contributed by atoms with Crippen molar-refractivity contribution in [1.29, 1.82) is 0 Å². The molecule has 2 unspecified atom stereocenters. The molecule has 0 aliphatic rings. The minimum atomic E-state index is -0.685. The Hall–Kier alpha value is -1.06. The van der Waals surface area contributed by atoms with E-state index in [9.17, 15) is 14.7 Å². The highest BCUT2D eigenvalue weighted by Gasteiger charge is 2.47. The lowest BCUT2D eigenvalue weighted by Gasteiger charge is -2.42. The van der Waals surface area contributed by atoms with Crippen molar-refractivity contribution in [1.82, 2.24) is 0 Å². The Morgan fingerprint density at radius 3 is 1.45 bits per heavy atom. The smallest absolute Gasteiger partial charge is 0.310 e. The molecule has 0 bridgehead atoms. The normalized spacial score (nSPS) is 14.7. The van der Waals surface area contributed by atoms with E-state index >= 15 is 0 Å². The molecule has 0 aliphatic heterocycles. The van der Waals surface area contributed by atoms with Gasteiger partial charge in [-0.1, -0.05) is 106 Å². The second-order valence-corrected chi connectivity index (χ2v) is 11.6. The number of carboxylic acids is 2. The summed E-state index contributed by atoms with van der Waals surface area (Å²) < 4.78 is 0. The van der Waals surface area contributed by atoms with Gasteiger partial charge in [0.1, 0.15) is 0 Å². The van der Waals surface area contributed by atoms with Crippen LogP contribution in [0.2, 0.25) is 0 Å². The van der Waals surface area contributed by atoms with Gasteiger partial charge >= 0.3 is 11.9 Å². The maximum Gasteiger partial charge on any atom is 0.310 e. The minimum Gasteiger partial charge on any atom is -0.481 e. The lowest BCUT2D eigenvalue weighted by atomic mass is 9.61. The van der Waals surface area contributed by atoms with Crippen molar-refractivity contribution < 1.29 is 19.8 Å². The molecule has 0 radical (unpaired) electrons. The van der Waals surface area contributed by atoms with E-state index in [0.717, 1.165) is 57.8 Å². The van der Waals surface area contributed by atoms with Crippen molar-refractivity contribution in [3.63, 3.8) is 0 Å². The molecule has 0 amide bonds. The van der Waals surface area contributed by atoms with E-state index in [1.807, 2.05) is 0 Å². The van der Waals surface area contributed by atoms with E-state index in [1.165, 1.54) is 38.5 Å². The van der Waals surface area contributed by atoms with Crippen LogP contribution in [0.1, 0.15) is 144 Å². The zero-order valence-electron chi connectivity index (χ0n) is 22.8. The molecule has 0 fully saturated rings. The Balaban J connectivity index is 4.55. The Kier molecular flexibility index (Phi) is 17.7. The summed E-state index contributed by atoms with van der Waals surface area (Å²) >= 11 is 0. The highest BCUT2D eigenvalue weighted by molar-refractivity contribution is 5.75. The highest BCUT2D eigenvalue weighted by atomic mass is 16.4. The fourth-order valence-electron chi connectivity index (χ4n) is 5.30. The Morgan fingerprint density at radius 2 is 1.06 bits per heavy atom. The van der Waals surface area contributed by atoms with Crippen LogP contribution in [0.25, 0.3) is 0 Å².